The van der Waals surface area contributed by atoms with Crippen LogP contribution in [-0.2, 0) is 4.79 Å². The van der Waals surface area contributed by atoms with Crippen LogP contribution >= 0.6 is 0 Å². The highest BCUT2D eigenvalue weighted by molar-refractivity contribution is 5.95. The van der Waals surface area contributed by atoms with Gasteiger partial charge in [0.2, 0.25) is 5.95 Å². The third-order valence-electron chi connectivity index (χ3n) is 3.48. The van der Waals surface area contributed by atoms with Crippen molar-refractivity contribution < 1.29 is 14.7 Å². The first-order valence-corrected chi connectivity index (χ1v) is 7.10. The number of nitrogens with zero attached hydrogens (tertiary/aromatic N) is 3. The van der Waals surface area contributed by atoms with Crippen LogP contribution in [0, 0.1) is 5.92 Å². The maximum atomic E-state index is 12.1. The molecule has 1 aliphatic heterocycles. The molecule has 1 aromatic rings. The van der Waals surface area contributed by atoms with Crippen LogP contribution in [0.15, 0.2) is 12.3 Å². The Morgan fingerprint density at radius 2 is 2.00 bits per heavy atom. The van der Waals surface area contributed by atoms with Crippen molar-refractivity contribution in [1.82, 2.24) is 15.3 Å². The average Bonchev–Trinajstić information content (AvgIpc) is 2.98. The van der Waals surface area contributed by atoms with Gasteiger partial charge in [0.15, 0.2) is 0 Å². The predicted octanol–water partition coefficient (Wildman–Crippen LogP) is 0.916. The highest BCUT2D eigenvalue weighted by Crippen LogP contribution is 2.15. The smallest absolute Gasteiger partial charge is 0.326 e. The van der Waals surface area contributed by atoms with E-state index in [1.807, 2.05) is 4.90 Å². The Bertz CT molecular complexity index is 527. The normalized spacial score (nSPS) is 16.0. The number of anilines is 1. The van der Waals surface area contributed by atoms with Crippen LogP contribution in [0.2, 0.25) is 0 Å². The molecule has 1 atom stereocenters. The molecule has 2 heterocycles. The van der Waals surface area contributed by atoms with Gasteiger partial charge in [0, 0.05) is 19.3 Å². The van der Waals surface area contributed by atoms with E-state index in [4.69, 9.17) is 5.11 Å². The van der Waals surface area contributed by atoms with E-state index in [1.54, 1.807) is 13.8 Å². The Balaban J connectivity index is 2.11. The number of nitrogens with one attached hydrogen (secondary N) is 1. The summed E-state index contributed by atoms with van der Waals surface area (Å²) in [7, 11) is 0. The molecule has 0 aliphatic carbocycles. The second kappa shape index (κ2) is 6.51. The number of hydrogen-bond acceptors (Lipinski definition) is 5. The third-order valence-corrected chi connectivity index (χ3v) is 3.48. The quantitative estimate of drug-likeness (QED) is 0.837. The number of carboxylic acids is 1. The van der Waals surface area contributed by atoms with E-state index >= 15 is 0 Å². The number of carbonyl (C=O) groups excluding carboxylic acids is 1. The van der Waals surface area contributed by atoms with Crippen LogP contribution in [0.3, 0.4) is 0 Å². The summed E-state index contributed by atoms with van der Waals surface area (Å²) in [6.45, 7) is 5.26. The molecule has 0 aromatic carbocycles. The molecule has 0 bridgehead atoms. The Morgan fingerprint density at radius 3 is 2.57 bits per heavy atom. The Morgan fingerprint density at radius 1 is 1.33 bits per heavy atom. The fourth-order valence-corrected chi connectivity index (χ4v) is 2.27. The summed E-state index contributed by atoms with van der Waals surface area (Å²) in [5.41, 5.74) is 0.193. The number of aliphatic carboxylic acids is 1. The number of carboxylic acid groups (broad SMARTS) is 1. The first-order valence-electron chi connectivity index (χ1n) is 7.10. The van der Waals surface area contributed by atoms with Crippen molar-refractivity contribution in [2.45, 2.75) is 32.7 Å². The van der Waals surface area contributed by atoms with E-state index in [2.05, 4.69) is 15.3 Å². The SMILES string of the molecule is CC(C)[C@H](NC(=O)c1ccnc(N2CCCC2)n1)C(=O)O. The van der Waals surface area contributed by atoms with E-state index in [0.717, 1.165) is 25.9 Å². The van der Waals surface area contributed by atoms with Gasteiger partial charge in [-0.25, -0.2) is 14.8 Å². The van der Waals surface area contributed by atoms with Crippen molar-refractivity contribution in [3.63, 3.8) is 0 Å². The number of amides is 1. The van der Waals surface area contributed by atoms with Crippen LogP contribution in [0.4, 0.5) is 5.95 Å². The van der Waals surface area contributed by atoms with Gasteiger partial charge in [-0.2, -0.15) is 0 Å². The van der Waals surface area contributed by atoms with Crippen molar-refractivity contribution in [3.05, 3.63) is 18.0 Å². The summed E-state index contributed by atoms with van der Waals surface area (Å²) in [5, 5.41) is 11.6. The molecule has 114 valence electrons. The second-order valence-corrected chi connectivity index (χ2v) is 5.47. The third kappa shape index (κ3) is 3.68. The van der Waals surface area contributed by atoms with Gasteiger partial charge in [0.05, 0.1) is 0 Å². The zero-order chi connectivity index (χ0) is 15.4. The molecule has 0 spiro atoms. The van der Waals surface area contributed by atoms with E-state index in [-0.39, 0.29) is 11.6 Å². The molecule has 7 nitrogen and oxygen atoms in total. The van der Waals surface area contributed by atoms with Crippen molar-refractivity contribution in [2.24, 2.45) is 5.92 Å². The molecule has 2 rings (SSSR count). The number of rotatable bonds is 5. The molecule has 2 N–H and O–H groups in total. The van der Waals surface area contributed by atoms with Crippen LogP contribution in [0.1, 0.15) is 37.2 Å². The van der Waals surface area contributed by atoms with Crippen molar-refractivity contribution in [3.8, 4) is 0 Å². The van der Waals surface area contributed by atoms with Crippen molar-refractivity contribution >= 4 is 17.8 Å². The zero-order valence-corrected chi connectivity index (χ0v) is 12.2. The highest BCUT2D eigenvalue weighted by Gasteiger charge is 2.25. The average molecular weight is 292 g/mol. The van der Waals surface area contributed by atoms with Gasteiger partial charge in [-0.15, -0.1) is 0 Å². The maximum absolute atomic E-state index is 12.1. The van der Waals surface area contributed by atoms with Crippen LogP contribution < -0.4 is 10.2 Å². The van der Waals surface area contributed by atoms with Gasteiger partial charge in [-0.1, -0.05) is 13.8 Å². The molecule has 1 amide bonds. The van der Waals surface area contributed by atoms with Crippen molar-refractivity contribution in [2.75, 3.05) is 18.0 Å². The number of aromatic nitrogens is 2. The maximum Gasteiger partial charge on any atom is 0.326 e. The minimum absolute atomic E-state index is 0.193. The molecular weight excluding hydrogens is 272 g/mol. The van der Waals surface area contributed by atoms with E-state index in [0.29, 0.717) is 5.95 Å². The summed E-state index contributed by atoms with van der Waals surface area (Å²) in [5.74, 6) is -1.21. The molecule has 0 saturated carbocycles. The van der Waals surface area contributed by atoms with Gasteiger partial charge in [0.25, 0.3) is 5.91 Å². The summed E-state index contributed by atoms with van der Waals surface area (Å²) in [4.78, 5) is 33.7. The Labute approximate surface area is 123 Å². The molecule has 1 aromatic heterocycles. The highest BCUT2D eigenvalue weighted by atomic mass is 16.4. The summed E-state index contributed by atoms with van der Waals surface area (Å²) in [6, 6.07) is 0.566. The van der Waals surface area contributed by atoms with Gasteiger partial charge in [-0.3, -0.25) is 4.79 Å². The number of carbonyl (C=O) groups is 2. The lowest BCUT2D eigenvalue weighted by atomic mass is 10.0. The van der Waals surface area contributed by atoms with Crippen LogP contribution in [0.25, 0.3) is 0 Å². The van der Waals surface area contributed by atoms with Gasteiger partial charge >= 0.3 is 5.97 Å². The topological polar surface area (TPSA) is 95.4 Å². The lowest BCUT2D eigenvalue weighted by Gasteiger charge is -2.18. The first kappa shape index (κ1) is 15.2. The Hall–Kier alpha value is -2.18. The van der Waals surface area contributed by atoms with Gasteiger partial charge < -0.3 is 15.3 Å². The molecular formula is C14H20N4O3. The molecule has 1 fully saturated rings. The van der Waals surface area contributed by atoms with Crippen LogP contribution in [0.5, 0.6) is 0 Å². The van der Waals surface area contributed by atoms with E-state index < -0.39 is 17.9 Å². The number of hydrogen-bond donors (Lipinski definition) is 2. The van der Waals surface area contributed by atoms with Gasteiger partial charge in [-0.05, 0) is 24.8 Å². The minimum atomic E-state index is -1.05. The lowest BCUT2D eigenvalue weighted by molar-refractivity contribution is -0.140. The zero-order valence-electron chi connectivity index (χ0n) is 12.2. The first-order chi connectivity index (χ1) is 9.99. The molecule has 0 unspecified atom stereocenters. The molecule has 1 aliphatic rings. The summed E-state index contributed by atoms with van der Waals surface area (Å²) >= 11 is 0. The second-order valence-electron chi connectivity index (χ2n) is 5.47. The summed E-state index contributed by atoms with van der Waals surface area (Å²) < 4.78 is 0. The fraction of sp³-hybridized carbons (Fsp3) is 0.571. The predicted molar refractivity (Wildman–Crippen MR) is 77.2 cm³/mol. The fourth-order valence-electron chi connectivity index (χ4n) is 2.27. The Kier molecular flexibility index (Phi) is 4.72. The van der Waals surface area contributed by atoms with E-state index in [1.165, 1.54) is 12.3 Å². The molecule has 0 radical (unpaired) electrons. The standard InChI is InChI=1S/C14H20N4O3/c1-9(2)11(13(20)21)17-12(19)10-5-6-15-14(16-10)18-7-3-4-8-18/h5-6,9,11H,3-4,7-8H2,1-2H3,(H,17,19)(H,20,21)/t11-/m0/s1. The monoisotopic (exact) mass is 292 g/mol. The van der Waals surface area contributed by atoms with Gasteiger partial charge in [0.1, 0.15) is 11.7 Å². The minimum Gasteiger partial charge on any atom is -0.480 e. The van der Waals surface area contributed by atoms with Crippen molar-refractivity contribution in [1.29, 1.82) is 0 Å². The van der Waals surface area contributed by atoms with Crippen LogP contribution in [-0.4, -0.2) is 46.1 Å². The molecule has 21 heavy (non-hydrogen) atoms. The summed E-state index contributed by atoms with van der Waals surface area (Å²) in [6.07, 6.45) is 3.71. The lowest BCUT2D eigenvalue weighted by Crippen LogP contribution is -2.44. The van der Waals surface area contributed by atoms with E-state index in [9.17, 15) is 9.59 Å². The molecule has 1 saturated heterocycles. The molecule has 7 heteroatoms. The largest absolute Gasteiger partial charge is 0.480 e.